The van der Waals surface area contributed by atoms with E-state index in [1.165, 1.54) is 64.2 Å². The molecule has 4 fully saturated rings. The fourth-order valence-electron chi connectivity index (χ4n) is 9.65. The number of nitrogens with two attached hydrogens (primary N) is 2. The Balaban J connectivity index is 0.00000342. The van der Waals surface area contributed by atoms with Gasteiger partial charge in [-0.15, -0.1) is 49.6 Å². The van der Waals surface area contributed by atoms with Crippen LogP contribution in [0.25, 0.3) is 0 Å². The predicted octanol–water partition coefficient (Wildman–Crippen LogP) is 5.57. The van der Waals surface area contributed by atoms with E-state index in [-0.39, 0.29) is 49.6 Å². The number of hydrogen-bond donors (Lipinski definition) is 5. The molecule has 0 unspecified atom stereocenters. The molecule has 9 heteroatoms. The molecule has 4 aliphatic carbocycles. The van der Waals surface area contributed by atoms with Crippen molar-refractivity contribution < 1.29 is 5.11 Å². The molecule has 4 saturated carbocycles. The van der Waals surface area contributed by atoms with Crippen molar-refractivity contribution in [2.45, 2.75) is 103 Å². The van der Waals surface area contributed by atoms with E-state index in [0.29, 0.717) is 47.3 Å². The summed E-state index contributed by atoms with van der Waals surface area (Å²) in [5.41, 5.74) is 13.5. The second kappa shape index (κ2) is 17.2. The highest BCUT2D eigenvalue weighted by Crippen LogP contribution is 2.67. The van der Waals surface area contributed by atoms with Crippen LogP contribution >= 0.6 is 49.6 Å². The number of aliphatic hydroxyl groups excluding tert-OH is 1. The lowest BCUT2D eigenvalue weighted by atomic mass is 9.43. The van der Waals surface area contributed by atoms with E-state index in [2.05, 4.69) is 31.4 Å². The Morgan fingerprint density at radius 2 is 1.50 bits per heavy atom. The van der Waals surface area contributed by atoms with E-state index >= 15 is 0 Å². The van der Waals surface area contributed by atoms with E-state index < -0.39 is 0 Å². The molecule has 0 aromatic carbocycles. The van der Waals surface area contributed by atoms with Crippen LogP contribution in [-0.2, 0) is 0 Å². The van der Waals surface area contributed by atoms with Crippen LogP contribution in [0.2, 0.25) is 0 Å². The molecule has 0 heterocycles. The summed E-state index contributed by atoms with van der Waals surface area (Å²) in [6, 6.07) is 1.04. The van der Waals surface area contributed by atoms with Gasteiger partial charge in [-0.1, -0.05) is 20.8 Å². The third kappa shape index (κ3) is 7.86. The van der Waals surface area contributed by atoms with Gasteiger partial charge in [-0.05, 0) is 143 Å². The van der Waals surface area contributed by atoms with Gasteiger partial charge in [0.25, 0.3) is 0 Å². The zero-order valence-corrected chi connectivity index (χ0v) is 27.4. The summed E-state index contributed by atoms with van der Waals surface area (Å²) < 4.78 is 0. The molecule has 0 amide bonds. The molecule has 0 bridgehead atoms. The molecule has 0 aliphatic heterocycles. The first-order valence-electron chi connectivity index (χ1n) is 14.9. The fraction of sp³-hybridized carbons (Fsp3) is 1.00. The van der Waals surface area contributed by atoms with E-state index in [9.17, 15) is 5.11 Å². The van der Waals surface area contributed by atoms with Crippen LogP contribution in [0.4, 0.5) is 0 Å². The highest BCUT2D eigenvalue weighted by molar-refractivity contribution is 5.86. The van der Waals surface area contributed by atoms with Crippen LogP contribution in [0.5, 0.6) is 0 Å². The number of fused-ring (bicyclic) bond motifs is 5. The zero-order chi connectivity index (χ0) is 24.3. The lowest BCUT2D eigenvalue weighted by Gasteiger charge is -2.63. The molecular weight excluding hydrogens is 562 g/mol. The second-order valence-corrected chi connectivity index (χ2v) is 13.3. The average molecular weight is 623 g/mol. The minimum absolute atomic E-state index is 0. The molecule has 38 heavy (non-hydrogen) atoms. The maximum absolute atomic E-state index is 9.90. The van der Waals surface area contributed by atoms with Crippen molar-refractivity contribution in [2.75, 3.05) is 32.8 Å². The highest BCUT2D eigenvalue weighted by Gasteiger charge is 2.62. The zero-order valence-electron chi connectivity index (χ0n) is 24.2. The number of halogens is 4. The first kappa shape index (κ1) is 39.0. The summed E-state index contributed by atoms with van der Waals surface area (Å²) >= 11 is 0. The first-order chi connectivity index (χ1) is 16.3. The molecule has 0 aromatic rings. The van der Waals surface area contributed by atoms with E-state index in [4.69, 9.17) is 11.5 Å². The van der Waals surface area contributed by atoms with Gasteiger partial charge < -0.3 is 27.2 Å². The summed E-state index contributed by atoms with van der Waals surface area (Å²) in [7, 11) is 0. The van der Waals surface area contributed by atoms with Gasteiger partial charge in [0.05, 0.1) is 0 Å². The molecule has 4 rings (SSSR count). The van der Waals surface area contributed by atoms with Gasteiger partial charge in [-0.2, -0.15) is 0 Å². The Morgan fingerprint density at radius 1 is 0.842 bits per heavy atom. The summed E-state index contributed by atoms with van der Waals surface area (Å²) in [5, 5.41) is 17.4. The summed E-state index contributed by atoms with van der Waals surface area (Å²) in [4.78, 5) is 0. The highest BCUT2D eigenvalue weighted by atomic mass is 35.5. The molecule has 4 aliphatic rings. The summed E-state index contributed by atoms with van der Waals surface area (Å²) in [6.45, 7) is 12.0. The van der Waals surface area contributed by atoms with Gasteiger partial charge >= 0.3 is 0 Å². The summed E-state index contributed by atoms with van der Waals surface area (Å²) in [6.07, 6.45) is 14.1. The van der Waals surface area contributed by atoms with Crippen LogP contribution in [0.1, 0.15) is 91.4 Å². The van der Waals surface area contributed by atoms with Crippen LogP contribution in [0.15, 0.2) is 0 Å². The summed E-state index contributed by atoms with van der Waals surface area (Å²) in [5.74, 6) is 4.16. The average Bonchev–Trinajstić information content (AvgIpc) is 3.18. The van der Waals surface area contributed by atoms with Crippen molar-refractivity contribution in [3.8, 4) is 0 Å². The van der Waals surface area contributed by atoms with E-state index in [1.54, 1.807) is 0 Å². The predicted molar refractivity (Wildman–Crippen MR) is 171 cm³/mol. The normalized spacial score (nSPS) is 40.1. The SMILES string of the molecule is C[C@H](CO)[C@H]1CC[C@H]2[C@@H]3[C@H](N)C[C@H]4C[C@H](NCCCNCCCCN)CC[C@]4(C)[C@H]3CC[C@]12C.Cl.Cl.Cl.Cl. The van der Waals surface area contributed by atoms with Crippen molar-refractivity contribution in [1.82, 2.24) is 10.6 Å². The number of rotatable bonds is 11. The van der Waals surface area contributed by atoms with Crippen LogP contribution in [0.3, 0.4) is 0 Å². The Labute approximate surface area is 258 Å². The Morgan fingerprint density at radius 3 is 2.18 bits per heavy atom. The molecule has 0 radical (unpaired) electrons. The fourth-order valence-corrected chi connectivity index (χ4v) is 9.65. The largest absolute Gasteiger partial charge is 0.396 e. The molecule has 0 spiro atoms. The minimum atomic E-state index is 0. The smallest absolute Gasteiger partial charge is 0.0459 e. The molecular formula is C29H60Cl4N4O. The van der Waals surface area contributed by atoms with Crippen molar-refractivity contribution >= 4 is 49.6 Å². The molecule has 10 atom stereocenters. The van der Waals surface area contributed by atoms with Gasteiger partial charge in [0.2, 0.25) is 0 Å². The van der Waals surface area contributed by atoms with Crippen molar-refractivity contribution in [1.29, 1.82) is 0 Å². The Bertz CT molecular complexity index is 664. The first-order valence-corrected chi connectivity index (χ1v) is 14.9. The third-order valence-electron chi connectivity index (χ3n) is 11.6. The van der Waals surface area contributed by atoms with Gasteiger partial charge in [-0.3, -0.25) is 0 Å². The number of aliphatic hydroxyl groups is 1. The molecule has 230 valence electrons. The van der Waals surface area contributed by atoms with Gasteiger partial charge in [0, 0.05) is 18.7 Å². The lowest BCUT2D eigenvalue weighted by molar-refractivity contribution is -0.127. The van der Waals surface area contributed by atoms with Crippen molar-refractivity contribution in [3.63, 3.8) is 0 Å². The van der Waals surface area contributed by atoms with Gasteiger partial charge in [0.1, 0.15) is 0 Å². The Kier molecular flexibility index (Phi) is 17.6. The minimum Gasteiger partial charge on any atom is -0.396 e. The molecule has 0 aromatic heterocycles. The van der Waals surface area contributed by atoms with Crippen LogP contribution < -0.4 is 22.1 Å². The second-order valence-electron chi connectivity index (χ2n) is 13.3. The van der Waals surface area contributed by atoms with E-state index in [0.717, 1.165) is 50.4 Å². The van der Waals surface area contributed by atoms with E-state index in [1.807, 2.05) is 0 Å². The Hall–Kier alpha value is 0.960. The monoisotopic (exact) mass is 620 g/mol. The van der Waals surface area contributed by atoms with Gasteiger partial charge in [-0.25, -0.2) is 0 Å². The third-order valence-corrected chi connectivity index (χ3v) is 11.6. The number of hydrogen-bond acceptors (Lipinski definition) is 5. The molecule has 5 nitrogen and oxygen atoms in total. The maximum atomic E-state index is 9.90. The standard InChI is InChI=1S/C29H56N4O.4ClH/c1-20(19-34)23-7-8-24-27-25(10-12-29(23,24)3)28(2)11-9-22(17-21(28)18-26(27)31)33-16-6-15-32-14-5-4-13-30;;;;/h20-27,32-34H,4-19,30-31H2,1-3H3;4*1H/t20-,21-,22-,23-,24+,25+,26-,27+,28+,29-;;;;/m1..../s1. The topological polar surface area (TPSA) is 96.3 Å². The van der Waals surface area contributed by atoms with Gasteiger partial charge in [0.15, 0.2) is 0 Å². The molecule has 7 N–H and O–H groups in total. The van der Waals surface area contributed by atoms with Crippen molar-refractivity contribution in [2.24, 2.45) is 57.8 Å². The van der Waals surface area contributed by atoms with Crippen LogP contribution in [-0.4, -0.2) is 50.0 Å². The quantitative estimate of drug-likeness (QED) is 0.194. The lowest BCUT2D eigenvalue weighted by Crippen LogP contribution is -2.61. The number of unbranched alkanes of at least 4 members (excludes halogenated alkanes) is 1. The number of nitrogens with one attached hydrogen (secondary N) is 2. The molecule has 0 saturated heterocycles. The van der Waals surface area contributed by atoms with Crippen molar-refractivity contribution in [3.05, 3.63) is 0 Å². The van der Waals surface area contributed by atoms with Crippen LogP contribution in [0, 0.1) is 46.3 Å². The maximum Gasteiger partial charge on any atom is 0.0459 e.